The highest BCUT2D eigenvalue weighted by atomic mass is 35.5. The first kappa shape index (κ1) is 14.4. The standard InChI is InChI=1S/C16H17Cl2N/c1-3-11-6-4-7-12(10-11)16(19-2)15-13(17)8-5-9-14(15)18/h4-10,16,19H,3H2,1-2H3. The molecule has 1 atom stereocenters. The summed E-state index contributed by atoms with van der Waals surface area (Å²) in [4.78, 5) is 0. The lowest BCUT2D eigenvalue weighted by Crippen LogP contribution is -2.18. The SMILES string of the molecule is CCc1cccc(C(NC)c2c(Cl)cccc2Cl)c1. The first-order chi connectivity index (χ1) is 9.17. The fraction of sp³-hybridized carbons (Fsp3) is 0.250. The van der Waals surface area contributed by atoms with E-state index >= 15 is 0 Å². The number of rotatable bonds is 4. The van der Waals surface area contributed by atoms with Gasteiger partial charge in [0.15, 0.2) is 0 Å². The molecule has 0 radical (unpaired) electrons. The summed E-state index contributed by atoms with van der Waals surface area (Å²) >= 11 is 12.6. The van der Waals surface area contributed by atoms with Gasteiger partial charge in [-0.25, -0.2) is 0 Å². The summed E-state index contributed by atoms with van der Waals surface area (Å²) in [5.41, 5.74) is 3.42. The molecule has 3 heteroatoms. The zero-order valence-corrected chi connectivity index (χ0v) is 12.6. The van der Waals surface area contributed by atoms with E-state index in [1.165, 1.54) is 11.1 Å². The quantitative estimate of drug-likeness (QED) is 0.848. The van der Waals surface area contributed by atoms with Crippen LogP contribution < -0.4 is 5.32 Å². The number of halogens is 2. The Morgan fingerprint density at radius 3 is 2.26 bits per heavy atom. The third-order valence-electron chi connectivity index (χ3n) is 3.27. The van der Waals surface area contributed by atoms with Crippen LogP contribution in [0.25, 0.3) is 0 Å². The Morgan fingerprint density at radius 1 is 1.05 bits per heavy atom. The monoisotopic (exact) mass is 293 g/mol. The Hall–Kier alpha value is -1.02. The van der Waals surface area contributed by atoms with E-state index < -0.39 is 0 Å². The Bertz CT molecular complexity index is 546. The van der Waals surface area contributed by atoms with Crippen molar-refractivity contribution in [3.8, 4) is 0 Å². The Morgan fingerprint density at radius 2 is 1.68 bits per heavy atom. The minimum Gasteiger partial charge on any atom is -0.309 e. The van der Waals surface area contributed by atoms with E-state index in [-0.39, 0.29) is 6.04 Å². The van der Waals surface area contributed by atoms with Gasteiger partial charge in [-0.1, -0.05) is 60.5 Å². The van der Waals surface area contributed by atoms with Crippen molar-refractivity contribution in [2.24, 2.45) is 0 Å². The maximum Gasteiger partial charge on any atom is 0.0604 e. The summed E-state index contributed by atoms with van der Waals surface area (Å²) in [6.45, 7) is 2.15. The van der Waals surface area contributed by atoms with Gasteiger partial charge in [0, 0.05) is 15.6 Å². The summed E-state index contributed by atoms with van der Waals surface area (Å²) in [5.74, 6) is 0. The molecule has 0 aliphatic carbocycles. The van der Waals surface area contributed by atoms with Gasteiger partial charge in [-0.15, -0.1) is 0 Å². The molecule has 0 aromatic heterocycles. The lowest BCUT2D eigenvalue weighted by atomic mass is 9.96. The molecule has 1 N–H and O–H groups in total. The summed E-state index contributed by atoms with van der Waals surface area (Å²) in [7, 11) is 1.92. The van der Waals surface area contributed by atoms with Crippen molar-refractivity contribution >= 4 is 23.2 Å². The third kappa shape index (κ3) is 3.11. The molecule has 0 aliphatic rings. The summed E-state index contributed by atoms with van der Waals surface area (Å²) in [6, 6.07) is 14.1. The van der Waals surface area contributed by atoms with E-state index in [1.807, 2.05) is 25.2 Å². The smallest absolute Gasteiger partial charge is 0.0604 e. The number of benzene rings is 2. The van der Waals surface area contributed by atoms with Gasteiger partial charge >= 0.3 is 0 Å². The molecule has 0 heterocycles. The Kier molecular flexibility index (Phi) is 4.87. The van der Waals surface area contributed by atoms with Gasteiger partial charge in [0.2, 0.25) is 0 Å². The molecule has 2 rings (SSSR count). The van der Waals surface area contributed by atoms with Crippen LogP contribution in [0.2, 0.25) is 10.0 Å². The minimum absolute atomic E-state index is 0.00713. The zero-order chi connectivity index (χ0) is 13.8. The van der Waals surface area contributed by atoms with E-state index in [9.17, 15) is 0 Å². The maximum absolute atomic E-state index is 6.30. The van der Waals surface area contributed by atoms with Crippen molar-refractivity contribution in [3.05, 3.63) is 69.2 Å². The van der Waals surface area contributed by atoms with Crippen LogP contribution in [0.1, 0.15) is 29.7 Å². The molecular formula is C16H17Cl2N. The number of hydrogen-bond donors (Lipinski definition) is 1. The molecule has 0 bridgehead atoms. The van der Waals surface area contributed by atoms with E-state index in [2.05, 4.69) is 36.5 Å². The zero-order valence-electron chi connectivity index (χ0n) is 11.1. The molecular weight excluding hydrogens is 277 g/mol. The fourth-order valence-electron chi connectivity index (χ4n) is 2.26. The van der Waals surface area contributed by atoms with Crippen LogP contribution in [-0.2, 0) is 6.42 Å². The van der Waals surface area contributed by atoms with Gasteiger partial charge in [-0.2, -0.15) is 0 Å². The van der Waals surface area contributed by atoms with Gasteiger partial charge in [0.05, 0.1) is 6.04 Å². The topological polar surface area (TPSA) is 12.0 Å². The molecule has 2 aromatic carbocycles. The van der Waals surface area contributed by atoms with Crippen LogP contribution >= 0.6 is 23.2 Å². The second-order valence-electron chi connectivity index (χ2n) is 4.46. The molecule has 1 nitrogen and oxygen atoms in total. The molecule has 2 aromatic rings. The molecule has 0 saturated heterocycles. The average Bonchev–Trinajstić information content (AvgIpc) is 2.43. The number of hydrogen-bond acceptors (Lipinski definition) is 1. The highest BCUT2D eigenvalue weighted by Gasteiger charge is 2.18. The normalized spacial score (nSPS) is 12.4. The van der Waals surface area contributed by atoms with Crippen LogP contribution in [-0.4, -0.2) is 7.05 Å². The minimum atomic E-state index is 0.00713. The van der Waals surface area contributed by atoms with Crippen molar-refractivity contribution < 1.29 is 0 Å². The van der Waals surface area contributed by atoms with E-state index in [0.29, 0.717) is 10.0 Å². The van der Waals surface area contributed by atoms with Crippen molar-refractivity contribution in [1.82, 2.24) is 5.32 Å². The number of nitrogens with one attached hydrogen (secondary N) is 1. The predicted octanol–water partition coefficient (Wildman–Crippen LogP) is 4.86. The maximum atomic E-state index is 6.30. The first-order valence-electron chi connectivity index (χ1n) is 6.37. The van der Waals surface area contributed by atoms with Gasteiger partial charge < -0.3 is 5.32 Å². The lowest BCUT2D eigenvalue weighted by Gasteiger charge is -2.20. The third-order valence-corrected chi connectivity index (χ3v) is 3.93. The van der Waals surface area contributed by atoms with Crippen LogP contribution in [0, 0.1) is 0 Å². The summed E-state index contributed by atoms with van der Waals surface area (Å²) < 4.78 is 0. The van der Waals surface area contributed by atoms with Crippen molar-refractivity contribution in [2.45, 2.75) is 19.4 Å². The van der Waals surface area contributed by atoms with Crippen LogP contribution in [0.4, 0.5) is 0 Å². The van der Waals surface area contributed by atoms with Crippen LogP contribution in [0.15, 0.2) is 42.5 Å². The Balaban J connectivity index is 2.50. The largest absolute Gasteiger partial charge is 0.309 e. The molecule has 1 unspecified atom stereocenters. The van der Waals surface area contributed by atoms with Gasteiger partial charge in [-0.3, -0.25) is 0 Å². The van der Waals surface area contributed by atoms with E-state index in [4.69, 9.17) is 23.2 Å². The van der Waals surface area contributed by atoms with Crippen LogP contribution in [0.3, 0.4) is 0 Å². The second-order valence-corrected chi connectivity index (χ2v) is 5.27. The fourth-order valence-corrected chi connectivity index (χ4v) is 2.87. The van der Waals surface area contributed by atoms with E-state index in [0.717, 1.165) is 12.0 Å². The van der Waals surface area contributed by atoms with Crippen molar-refractivity contribution in [3.63, 3.8) is 0 Å². The molecule has 0 fully saturated rings. The number of aryl methyl sites for hydroxylation is 1. The van der Waals surface area contributed by atoms with Gasteiger partial charge in [-0.05, 0) is 36.7 Å². The summed E-state index contributed by atoms with van der Waals surface area (Å²) in [6.07, 6.45) is 1.01. The van der Waals surface area contributed by atoms with Gasteiger partial charge in [0.25, 0.3) is 0 Å². The molecule has 19 heavy (non-hydrogen) atoms. The summed E-state index contributed by atoms with van der Waals surface area (Å²) in [5, 5.41) is 4.68. The molecule has 0 amide bonds. The molecule has 0 aliphatic heterocycles. The average molecular weight is 294 g/mol. The molecule has 100 valence electrons. The molecule has 0 saturated carbocycles. The first-order valence-corrected chi connectivity index (χ1v) is 7.13. The highest BCUT2D eigenvalue weighted by molar-refractivity contribution is 6.36. The van der Waals surface area contributed by atoms with Gasteiger partial charge in [0.1, 0.15) is 0 Å². The van der Waals surface area contributed by atoms with Crippen molar-refractivity contribution in [1.29, 1.82) is 0 Å². The molecule has 0 spiro atoms. The predicted molar refractivity (Wildman–Crippen MR) is 83.2 cm³/mol. The van der Waals surface area contributed by atoms with Crippen molar-refractivity contribution in [2.75, 3.05) is 7.05 Å². The highest BCUT2D eigenvalue weighted by Crippen LogP contribution is 2.34. The van der Waals surface area contributed by atoms with Crippen LogP contribution in [0.5, 0.6) is 0 Å². The second kappa shape index (κ2) is 6.42. The lowest BCUT2D eigenvalue weighted by molar-refractivity contribution is 0.691. The van der Waals surface area contributed by atoms with E-state index in [1.54, 1.807) is 0 Å². The Labute approximate surface area is 124 Å².